The number of nitrogens with zero attached hydrogens (tertiary/aromatic N) is 2. The quantitative estimate of drug-likeness (QED) is 0.559. The molecule has 0 saturated heterocycles. The number of hydrogen-bond acceptors (Lipinski definition) is 4. The molecule has 0 unspecified atom stereocenters. The van der Waals surface area contributed by atoms with Gasteiger partial charge in [0.1, 0.15) is 0 Å². The van der Waals surface area contributed by atoms with Gasteiger partial charge in [-0.25, -0.2) is 0 Å². The number of hydrogen-bond donors (Lipinski definition) is 2. The van der Waals surface area contributed by atoms with Crippen LogP contribution in [0.2, 0.25) is 0 Å². The summed E-state index contributed by atoms with van der Waals surface area (Å²) in [6.45, 7) is 9.03. The Labute approximate surface area is 205 Å². The summed E-state index contributed by atoms with van der Waals surface area (Å²) in [6, 6.07) is 6.70. The lowest BCUT2D eigenvalue weighted by molar-refractivity contribution is 0.0950. The maximum atomic E-state index is 13.2. The fraction of sp³-hybridized carbons (Fsp3) is 0.538. The summed E-state index contributed by atoms with van der Waals surface area (Å²) in [4.78, 5) is 33.5. The predicted molar refractivity (Wildman–Crippen MR) is 139 cm³/mol. The molecule has 1 aromatic heterocycles. The Kier molecular flexibility index (Phi) is 8.40. The van der Waals surface area contributed by atoms with Gasteiger partial charge in [-0.15, -0.1) is 0 Å². The monoisotopic (exact) mass is 516 g/mol. The first-order valence-corrected chi connectivity index (χ1v) is 12.6. The smallest absolute Gasteiger partial charge is 0.251 e. The van der Waals surface area contributed by atoms with Crippen molar-refractivity contribution in [3.05, 3.63) is 61.0 Å². The Hall–Kier alpha value is -2.12. The minimum atomic E-state index is -0.165. The zero-order valence-corrected chi connectivity index (χ0v) is 22.3. The van der Waals surface area contributed by atoms with Gasteiger partial charge in [0.15, 0.2) is 5.43 Å². The SMILES string of the molecule is CCN(c1cc(Br)cc(C(=O)NCc2c(C)[nH]c(C)cc2=O)c1C)[C@H]1CC[C@H](N(C)C)CC1. The molecule has 33 heavy (non-hydrogen) atoms. The van der Waals surface area contributed by atoms with Gasteiger partial charge in [0.25, 0.3) is 5.91 Å². The predicted octanol–water partition coefficient (Wildman–Crippen LogP) is 4.69. The molecule has 2 N–H and O–H groups in total. The van der Waals surface area contributed by atoms with Gasteiger partial charge in [0.05, 0.1) is 0 Å². The third-order valence-electron chi connectivity index (χ3n) is 6.99. The average Bonchev–Trinajstić information content (AvgIpc) is 2.75. The average molecular weight is 518 g/mol. The van der Waals surface area contributed by atoms with E-state index in [0.717, 1.165) is 46.5 Å². The highest BCUT2D eigenvalue weighted by Gasteiger charge is 2.28. The molecule has 1 heterocycles. The molecule has 0 atom stereocenters. The second-order valence-electron chi connectivity index (χ2n) is 9.41. The van der Waals surface area contributed by atoms with Gasteiger partial charge in [-0.3, -0.25) is 9.59 Å². The van der Waals surface area contributed by atoms with Gasteiger partial charge >= 0.3 is 0 Å². The Morgan fingerprint density at radius 1 is 1.09 bits per heavy atom. The molecule has 1 aromatic carbocycles. The first-order chi connectivity index (χ1) is 15.6. The summed E-state index contributed by atoms with van der Waals surface area (Å²) < 4.78 is 0.887. The highest BCUT2D eigenvalue weighted by atomic mass is 79.9. The van der Waals surface area contributed by atoms with Crippen molar-refractivity contribution in [2.24, 2.45) is 0 Å². The van der Waals surface area contributed by atoms with E-state index in [2.05, 4.69) is 63.1 Å². The van der Waals surface area contributed by atoms with E-state index in [0.29, 0.717) is 23.2 Å². The number of aryl methyl sites for hydroxylation is 2. The van der Waals surface area contributed by atoms with Gasteiger partial charge in [0, 0.05) is 63.9 Å². The molecular formula is C26H37BrN4O2. The molecule has 2 aromatic rings. The second kappa shape index (κ2) is 10.9. The Morgan fingerprint density at radius 2 is 1.73 bits per heavy atom. The van der Waals surface area contributed by atoms with Crippen LogP contribution in [0.25, 0.3) is 0 Å². The zero-order chi connectivity index (χ0) is 24.3. The number of carbonyl (C=O) groups is 1. The van der Waals surface area contributed by atoms with Crippen molar-refractivity contribution >= 4 is 27.5 Å². The Morgan fingerprint density at radius 3 is 2.30 bits per heavy atom. The number of halogens is 1. The number of aromatic amines is 1. The molecule has 1 fully saturated rings. The van der Waals surface area contributed by atoms with Crippen LogP contribution in [0.1, 0.15) is 65.5 Å². The van der Waals surface area contributed by atoms with E-state index in [1.54, 1.807) is 6.07 Å². The molecule has 1 aliphatic carbocycles. The molecular weight excluding hydrogens is 480 g/mol. The van der Waals surface area contributed by atoms with E-state index in [4.69, 9.17) is 0 Å². The van der Waals surface area contributed by atoms with Crippen molar-refractivity contribution in [2.45, 2.75) is 72.0 Å². The number of benzene rings is 1. The lowest BCUT2D eigenvalue weighted by atomic mass is 9.89. The van der Waals surface area contributed by atoms with Gasteiger partial charge in [0.2, 0.25) is 0 Å². The number of pyridine rings is 1. The maximum absolute atomic E-state index is 13.2. The molecule has 1 aliphatic rings. The van der Waals surface area contributed by atoms with Crippen molar-refractivity contribution in [2.75, 3.05) is 25.5 Å². The van der Waals surface area contributed by atoms with Crippen LogP contribution in [-0.2, 0) is 6.54 Å². The van der Waals surface area contributed by atoms with Crippen molar-refractivity contribution in [1.29, 1.82) is 0 Å². The van der Waals surface area contributed by atoms with Crippen molar-refractivity contribution in [3.8, 4) is 0 Å². The summed E-state index contributed by atoms with van der Waals surface area (Å²) in [6.07, 6.45) is 4.69. The number of H-pyrrole nitrogens is 1. The molecule has 3 rings (SSSR count). The van der Waals surface area contributed by atoms with Crippen LogP contribution >= 0.6 is 15.9 Å². The zero-order valence-electron chi connectivity index (χ0n) is 20.7. The van der Waals surface area contributed by atoms with Gasteiger partial charge < -0.3 is 20.1 Å². The largest absolute Gasteiger partial charge is 0.369 e. The minimum absolute atomic E-state index is 0.0545. The summed E-state index contributed by atoms with van der Waals surface area (Å²) in [5, 5.41) is 2.96. The molecule has 0 spiro atoms. The number of rotatable bonds is 7. The van der Waals surface area contributed by atoms with Crippen molar-refractivity contribution < 1.29 is 4.79 Å². The molecule has 0 radical (unpaired) electrons. The normalized spacial score (nSPS) is 18.4. The lowest BCUT2D eigenvalue weighted by Crippen LogP contribution is -2.42. The molecule has 1 amide bonds. The van der Waals surface area contributed by atoms with E-state index >= 15 is 0 Å². The Balaban J connectivity index is 1.81. The highest BCUT2D eigenvalue weighted by molar-refractivity contribution is 9.10. The first kappa shape index (κ1) is 25.5. The lowest BCUT2D eigenvalue weighted by Gasteiger charge is -2.40. The fourth-order valence-electron chi connectivity index (χ4n) is 5.07. The Bertz CT molecular complexity index is 1050. The third kappa shape index (κ3) is 5.87. The maximum Gasteiger partial charge on any atom is 0.251 e. The van der Waals surface area contributed by atoms with Crippen LogP contribution in [0.3, 0.4) is 0 Å². The molecule has 180 valence electrons. The number of carbonyl (C=O) groups excluding carboxylic acids is 1. The summed E-state index contributed by atoms with van der Waals surface area (Å²) >= 11 is 3.62. The molecule has 0 aliphatic heterocycles. The van der Waals surface area contributed by atoms with Gasteiger partial charge in [-0.1, -0.05) is 15.9 Å². The topological polar surface area (TPSA) is 68.4 Å². The summed E-state index contributed by atoms with van der Waals surface area (Å²) in [7, 11) is 4.33. The molecule has 1 saturated carbocycles. The number of aromatic nitrogens is 1. The van der Waals surface area contributed by atoms with E-state index in [-0.39, 0.29) is 17.9 Å². The van der Waals surface area contributed by atoms with Gasteiger partial charge in [-0.2, -0.15) is 0 Å². The van der Waals surface area contributed by atoms with E-state index < -0.39 is 0 Å². The van der Waals surface area contributed by atoms with Gasteiger partial charge in [-0.05, 0) is 85.2 Å². The van der Waals surface area contributed by atoms with E-state index in [1.807, 2.05) is 26.8 Å². The van der Waals surface area contributed by atoms with Crippen LogP contribution < -0.4 is 15.6 Å². The second-order valence-corrected chi connectivity index (χ2v) is 10.3. The van der Waals surface area contributed by atoms with Crippen LogP contribution in [-0.4, -0.2) is 48.5 Å². The molecule has 7 heteroatoms. The van der Waals surface area contributed by atoms with Crippen LogP contribution in [0, 0.1) is 20.8 Å². The summed E-state index contributed by atoms with van der Waals surface area (Å²) in [5.41, 5.74) is 4.87. The van der Waals surface area contributed by atoms with E-state index in [1.165, 1.54) is 12.8 Å². The van der Waals surface area contributed by atoms with Crippen LogP contribution in [0.15, 0.2) is 27.5 Å². The third-order valence-corrected chi connectivity index (χ3v) is 7.44. The first-order valence-electron chi connectivity index (χ1n) is 11.8. The van der Waals surface area contributed by atoms with Crippen LogP contribution in [0.4, 0.5) is 5.69 Å². The fourth-order valence-corrected chi connectivity index (χ4v) is 5.52. The standard InChI is InChI=1S/C26H37BrN4O2/c1-7-31(21-10-8-20(9-11-21)30(5)6)24-14-19(27)13-22(17(24)3)26(33)28-15-23-18(4)29-16(2)12-25(23)32/h12-14,20-21H,7-11,15H2,1-6H3,(H,28,33)(H,29,32)/t20-,21-. The minimum Gasteiger partial charge on any atom is -0.369 e. The molecule has 6 nitrogen and oxygen atoms in total. The number of nitrogens with one attached hydrogen (secondary N) is 2. The van der Waals surface area contributed by atoms with E-state index in [9.17, 15) is 9.59 Å². The number of anilines is 1. The molecule has 0 bridgehead atoms. The van der Waals surface area contributed by atoms with Crippen molar-refractivity contribution in [1.82, 2.24) is 15.2 Å². The number of amides is 1. The van der Waals surface area contributed by atoms with Crippen LogP contribution in [0.5, 0.6) is 0 Å². The van der Waals surface area contributed by atoms with Crippen molar-refractivity contribution in [3.63, 3.8) is 0 Å². The highest BCUT2D eigenvalue weighted by Crippen LogP contribution is 2.34. The summed E-state index contributed by atoms with van der Waals surface area (Å²) in [5.74, 6) is -0.165.